The van der Waals surface area contributed by atoms with Crippen LogP contribution in [0.25, 0.3) is 0 Å². The lowest BCUT2D eigenvalue weighted by Gasteiger charge is -2.19. The van der Waals surface area contributed by atoms with Crippen LogP contribution < -0.4 is 5.32 Å². The molecule has 0 unspecified atom stereocenters. The standard InChI is InChI=1S/C7H6N/c1-2-4-7-6(3-1)5-8-7/h1-5,8H. The molecule has 1 aliphatic rings. The Morgan fingerprint density at radius 2 is 2.00 bits per heavy atom. The van der Waals surface area contributed by atoms with E-state index in [1.165, 1.54) is 11.3 Å². The van der Waals surface area contributed by atoms with Crippen molar-refractivity contribution in [2.75, 3.05) is 5.32 Å². The molecule has 1 aromatic rings. The Hall–Kier alpha value is -0.980. The topological polar surface area (TPSA) is 12.0 Å². The largest absolute Gasteiger partial charge is 0.375 e. The van der Waals surface area contributed by atoms with Crippen molar-refractivity contribution in [3.05, 3.63) is 36.4 Å². The highest BCUT2D eigenvalue weighted by Gasteiger charge is 2.08. The van der Waals surface area contributed by atoms with Crippen LogP contribution in [0, 0.1) is 6.54 Å². The molecule has 1 heterocycles. The second-order valence-electron chi connectivity index (χ2n) is 1.88. The van der Waals surface area contributed by atoms with Crippen LogP contribution in [0.15, 0.2) is 24.3 Å². The molecule has 0 saturated carbocycles. The van der Waals surface area contributed by atoms with E-state index in [2.05, 4.69) is 17.4 Å². The summed E-state index contributed by atoms with van der Waals surface area (Å²) in [5, 5.41) is 3.06. The van der Waals surface area contributed by atoms with Gasteiger partial charge in [0.2, 0.25) is 0 Å². The van der Waals surface area contributed by atoms with Gasteiger partial charge in [-0.3, -0.25) is 0 Å². The van der Waals surface area contributed by atoms with Gasteiger partial charge in [-0.2, -0.15) is 0 Å². The molecule has 8 heavy (non-hydrogen) atoms. The molecule has 0 aliphatic carbocycles. The quantitative estimate of drug-likeness (QED) is 0.527. The Labute approximate surface area is 48.3 Å². The number of para-hydroxylation sites is 1. The van der Waals surface area contributed by atoms with Crippen LogP contribution in [0.4, 0.5) is 5.69 Å². The Morgan fingerprint density at radius 1 is 1.12 bits per heavy atom. The normalized spacial score (nSPS) is 13.5. The number of fused-ring (bicyclic) bond motifs is 1. The molecule has 1 nitrogen and oxygen atoms in total. The van der Waals surface area contributed by atoms with Crippen LogP contribution in [0.1, 0.15) is 5.56 Å². The fourth-order valence-electron chi connectivity index (χ4n) is 0.832. The van der Waals surface area contributed by atoms with Crippen molar-refractivity contribution in [1.29, 1.82) is 0 Å². The summed E-state index contributed by atoms with van der Waals surface area (Å²) in [7, 11) is 0. The van der Waals surface area contributed by atoms with Gasteiger partial charge in [0.05, 0.1) is 6.54 Å². The second kappa shape index (κ2) is 1.25. The first-order chi connectivity index (χ1) is 3.97. The number of rotatable bonds is 0. The summed E-state index contributed by atoms with van der Waals surface area (Å²) >= 11 is 0. The number of benzene rings is 1. The molecule has 39 valence electrons. The van der Waals surface area contributed by atoms with Crippen LogP contribution in [-0.4, -0.2) is 0 Å². The van der Waals surface area contributed by atoms with E-state index in [1.54, 1.807) is 0 Å². The first kappa shape index (κ1) is 3.96. The Morgan fingerprint density at radius 3 is 2.38 bits per heavy atom. The summed E-state index contributed by atoms with van der Waals surface area (Å²) in [5.41, 5.74) is 2.56. The molecule has 1 N–H and O–H groups in total. The molecule has 1 aromatic carbocycles. The highest BCUT2D eigenvalue weighted by atomic mass is 14.9. The molecular formula is C7H6N. The van der Waals surface area contributed by atoms with E-state index < -0.39 is 0 Å². The van der Waals surface area contributed by atoms with Gasteiger partial charge in [0.1, 0.15) is 0 Å². The molecule has 2 rings (SSSR count). The Balaban J connectivity index is 2.62. The predicted octanol–water partition coefficient (Wildman–Crippen LogP) is 1.62. The van der Waals surface area contributed by atoms with E-state index in [4.69, 9.17) is 0 Å². The van der Waals surface area contributed by atoms with Crippen molar-refractivity contribution in [2.24, 2.45) is 0 Å². The van der Waals surface area contributed by atoms with E-state index in [0.29, 0.717) is 0 Å². The SMILES string of the molecule is [CH]1Nc2ccccc21. The van der Waals surface area contributed by atoms with Crippen LogP contribution >= 0.6 is 0 Å². The van der Waals surface area contributed by atoms with E-state index in [9.17, 15) is 0 Å². The van der Waals surface area contributed by atoms with Crippen LogP contribution in [-0.2, 0) is 0 Å². The summed E-state index contributed by atoms with van der Waals surface area (Å²) in [4.78, 5) is 0. The van der Waals surface area contributed by atoms with Gasteiger partial charge in [0, 0.05) is 5.69 Å². The van der Waals surface area contributed by atoms with Crippen molar-refractivity contribution in [1.82, 2.24) is 0 Å². The number of anilines is 1. The van der Waals surface area contributed by atoms with Gasteiger partial charge in [0.25, 0.3) is 0 Å². The zero-order valence-corrected chi connectivity index (χ0v) is 4.39. The Kier molecular flexibility index (Phi) is 0.618. The maximum atomic E-state index is 3.06. The molecule has 0 aromatic heterocycles. The summed E-state index contributed by atoms with van der Waals surface area (Å²) in [6.45, 7) is 2.00. The van der Waals surface area contributed by atoms with Gasteiger partial charge in [-0.25, -0.2) is 0 Å². The van der Waals surface area contributed by atoms with Crippen molar-refractivity contribution >= 4 is 5.69 Å². The maximum absolute atomic E-state index is 3.06. The molecule has 0 saturated heterocycles. The minimum absolute atomic E-state index is 1.24. The van der Waals surface area contributed by atoms with Crippen molar-refractivity contribution in [3.8, 4) is 0 Å². The third kappa shape index (κ3) is 0.360. The molecule has 0 fully saturated rings. The third-order valence-corrected chi connectivity index (χ3v) is 1.34. The molecule has 1 aliphatic heterocycles. The van der Waals surface area contributed by atoms with Crippen LogP contribution in [0.2, 0.25) is 0 Å². The molecule has 0 spiro atoms. The van der Waals surface area contributed by atoms with Gasteiger partial charge in [-0.15, -0.1) is 0 Å². The highest BCUT2D eigenvalue weighted by Crippen LogP contribution is 2.25. The fraction of sp³-hybridized carbons (Fsp3) is 0. The zero-order valence-electron chi connectivity index (χ0n) is 4.39. The van der Waals surface area contributed by atoms with Gasteiger partial charge in [0.15, 0.2) is 0 Å². The average Bonchev–Trinajstić information content (AvgIpc) is 1.72. The van der Waals surface area contributed by atoms with E-state index >= 15 is 0 Å². The molecule has 0 amide bonds. The smallest absolute Gasteiger partial charge is 0.0778 e. The molecular weight excluding hydrogens is 98.1 g/mol. The lowest BCUT2D eigenvalue weighted by Crippen LogP contribution is -2.09. The molecule has 0 bridgehead atoms. The van der Waals surface area contributed by atoms with Crippen molar-refractivity contribution in [2.45, 2.75) is 0 Å². The summed E-state index contributed by atoms with van der Waals surface area (Å²) < 4.78 is 0. The fourth-order valence-corrected chi connectivity index (χ4v) is 0.832. The minimum atomic E-state index is 1.24. The monoisotopic (exact) mass is 104 g/mol. The lowest BCUT2D eigenvalue weighted by atomic mass is 10.1. The maximum Gasteiger partial charge on any atom is 0.0778 e. The van der Waals surface area contributed by atoms with E-state index in [-0.39, 0.29) is 0 Å². The number of hydrogen-bond donors (Lipinski definition) is 1. The van der Waals surface area contributed by atoms with E-state index in [0.717, 1.165) is 0 Å². The van der Waals surface area contributed by atoms with Gasteiger partial charge >= 0.3 is 0 Å². The zero-order chi connectivity index (χ0) is 5.40. The highest BCUT2D eigenvalue weighted by molar-refractivity contribution is 5.65. The van der Waals surface area contributed by atoms with Crippen molar-refractivity contribution < 1.29 is 0 Å². The first-order valence-electron chi connectivity index (χ1n) is 2.65. The van der Waals surface area contributed by atoms with Gasteiger partial charge < -0.3 is 5.32 Å². The molecule has 0 atom stereocenters. The van der Waals surface area contributed by atoms with Gasteiger partial charge in [-0.05, 0) is 11.6 Å². The average molecular weight is 104 g/mol. The predicted molar refractivity (Wildman–Crippen MR) is 33.5 cm³/mol. The summed E-state index contributed by atoms with van der Waals surface area (Å²) in [6, 6.07) is 8.22. The first-order valence-corrected chi connectivity index (χ1v) is 2.65. The molecule has 1 heteroatoms. The summed E-state index contributed by atoms with van der Waals surface area (Å²) in [5.74, 6) is 0. The minimum Gasteiger partial charge on any atom is -0.375 e. The van der Waals surface area contributed by atoms with Gasteiger partial charge in [-0.1, -0.05) is 18.2 Å². The second-order valence-corrected chi connectivity index (χ2v) is 1.88. The van der Waals surface area contributed by atoms with Crippen LogP contribution in [0.5, 0.6) is 0 Å². The summed E-state index contributed by atoms with van der Waals surface area (Å²) in [6.07, 6.45) is 0. The number of nitrogens with one attached hydrogen (secondary N) is 1. The van der Waals surface area contributed by atoms with E-state index in [1.807, 2.05) is 18.7 Å². The molecule has 1 radical (unpaired) electrons. The van der Waals surface area contributed by atoms with Crippen molar-refractivity contribution in [3.63, 3.8) is 0 Å². The van der Waals surface area contributed by atoms with Crippen LogP contribution in [0.3, 0.4) is 0 Å². The Bertz CT molecular complexity index is 182. The number of hydrogen-bond acceptors (Lipinski definition) is 1. The lowest BCUT2D eigenvalue weighted by molar-refractivity contribution is 1.30. The third-order valence-electron chi connectivity index (χ3n) is 1.34.